The average molecular weight is 549 g/mol. The Morgan fingerprint density at radius 2 is 1.94 bits per heavy atom. The van der Waals surface area contributed by atoms with Crippen molar-refractivity contribution < 1.29 is 17.9 Å². The number of amides is 1. The van der Waals surface area contributed by atoms with E-state index in [1.807, 2.05) is 0 Å². The van der Waals surface area contributed by atoms with Crippen molar-refractivity contribution in [1.29, 1.82) is 0 Å². The third-order valence-electron chi connectivity index (χ3n) is 6.55. The van der Waals surface area contributed by atoms with Crippen molar-refractivity contribution in [2.24, 2.45) is 5.92 Å². The average Bonchev–Trinajstić information content (AvgIpc) is 3.11. The van der Waals surface area contributed by atoms with E-state index in [1.165, 1.54) is 18.2 Å². The molecule has 190 valence electrons. The standard InChI is InChI=1S/C25H26Cl2N4O4S/c1-16-11-13-31(25(16,2)3)23-18(6-5-12-28-23)24(32)30-36(33,34)22-8-4-7-21(29-22)35-15-17-9-10-19(26)20(27)14-17/h4-10,12,14,16H,11,13,15H2,1-3H3,(H,30,32). The molecule has 3 heterocycles. The van der Waals surface area contributed by atoms with Crippen molar-refractivity contribution in [2.45, 2.75) is 44.4 Å². The summed E-state index contributed by atoms with van der Waals surface area (Å²) in [5, 5.41) is 0.455. The molecule has 0 bridgehead atoms. The normalized spacial score (nSPS) is 17.1. The predicted octanol–water partition coefficient (Wildman–Crippen LogP) is 5.11. The molecule has 1 aliphatic heterocycles. The van der Waals surface area contributed by atoms with E-state index in [1.54, 1.807) is 36.5 Å². The van der Waals surface area contributed by atoms with Crippen LogP contribution in [0, 0.1) is 5.92 Å². The maximum atomic E-state index is 13.1. The Hall–Kier alpha value is -2.88. The van der Waals surface area contributed by atoms with E-state index in [9.17, 15) is 13.2 Å². The number of benzene rings is 1. The zero-order valence-corrected chi connectivity index (χ0v) is 22.4. The molecule has 0 radical (unpaired) electrons. The van der Waals surface area contributed by atoms with Crippen molar-refractivity contribution in [2.75, 3.05) is 11.4 Å². The Balaban J connectivity index is 1.52. The molecule has 0 aliphatic carbocycles. The second kappa shape index (κ2) is 10.2. The third kappa shape index (κ3) is 5.43. The second-order valence-corrected chi connectivity index (χ2v) is 11.6. The van der Waals surface area contributed by atoms with Gasteiger partial charge in [0.25, 0.3) is 15.9 Å². The Morgan fingerprint density at radius 3 is 2.64 bits per heavy atom. The second-order valence-electron chi connectivity index (χ2n) is 9.16. The molecule has 1 unspecified atom stereocenters. The summed E-state index contributed by atoms with van der Waals surface area (Å²) in [7, 11) is -4.28. The molecule has 4 rings (SSSR count). The van der Waals surface area contributed by atoms with Gasteiger partial charge in [-0.15, -0.1) is 0 Å². The lowest BCUT2D eigenvalue weighted by molar-refractivity contribution is 0.0981. The molecule has 2 aromatic heterocycles. The Labute approximate surface area is 220 Å². The number of sulfonamides is 1. The van der Waals surface area contributed by atoms with Crippen LogP contribution in [0.5, 0.6) is 5.88 Å². The van der Waals surface area contributed by atoms with Gasteiger partial charge in [-0.2, -0.15) is 13.4 Å². The van der Waals surface area contributed by atoms with Crippen molar-refractivity contribution in [3.05, 3.63) is 75.9 Å². The van der Waals surface area contributed by atoms with E-state index in [2.05, 4.69) is 40.4 Å². The molecular formula is C25H26Cl2N4O4S. The van der Waals surface area contributed by atoms with Gasteiger partial charge in [0.1, 0.15) is 12.4 Å². The summed E-state index contributed by atoms with van der Waals surface area (Å²) < 4.78 is 33.8. The minimum absolute atomic E-state index is 0.0752. The highest BCUT2D eigenvalue weighted by molar-refractivity contribution is 7.90. The summed E-state index contributed by atoms with van der Waals surface area (Å²) >= 11 is 12.0. The molecule has 3 aromatic rings. The molecule has 1 amide bonds. The molecule has 1 saturated heterocycles. The van der Waals surface area contributed by atoms with E-state index in [-0.39, 0.29) is 28.6 Å². The number of halogens is 2. The van der Waals surface area contributed by atoms with Gasteiger partial charge in [-0.25, -0.2) is 9.71 Å². The summed E-state index contributed by atoms with van der Waals surface area (Å²) in [6.07, 6.45) is 2.54. The topological polar surface area (TPSA) is 101 Å². The van der Waals surface area contributed by atoms with Crippen LogP contribution in [0.4, 0.5) is 5.82 Å². The van der Waals surface area contributed by atoms with Gasteiger partial charge in [-0.05, 0) is 62.1 Å². The molecule has 1 N–H and O–H groups in total. The van der Waals surface area contributed by atoms with Gasteiger partial charge >= 0.3 is 0 Å². The molecule has 1 fully saturated rings. The van der Waals surface area contributed by atoms with E-state index in [0.717, 1.165) is 18.5 Å². The molecule has 1 aromatic carbocycles. The van der Waals surface area contributed by atoms with E-state index in [4.69, 9.17) is 27.9 Å². The monoisotopic (exact) mass is 548 g/mol. The molecular weight excluding hydrogens is 523 g/mol. The predicted molar refractivity (Wildman–Crippen MR) is 139 cm³/mol. The summed E-state index contributed by atoms with van der Waals surface area (Å²) in [5.74, 6) is 0.129. The first-order valence-electron chi connectivity index (χ1n) is 11.3. The fourth-order valence-corrected chi connectivity index (χ4v) is 5.29. The van der Waals surface area contributed by atoms with Crippen LogP contribution in [-0.2, 0) is 16.6 Å². The van der Waals surface area contributed by atoms with E-state index < -0.39 is 15.9 Å². The van der Waals surface area contributed by atoms with Crippen LogP contribution in [0.1, 0.15) is 43.1 Å². The van der Waals surface area contributed by atoms with E-state index >= 15 is 0 Å². The summed E-state index contributed by atoms with van der Waals surface area (Å²) in [5.41, 5.74) is 0.676. The van der Waals surface area contributed by atoms with Gasteiger partial charge in [0.05, 0.1) is 15.6 Å². The summed E-state index contributed by atoms with van der Waals surface area (Å²) in [4.78, 5) is 23.6. The number of hydrogen-bond acceptors (Lipinski definition) is 7. The highest BCUT2D eigenvalue weighted by Crippen LogP contribution is 2.38. The number of nitrogens with one attached hydrogen (secondary N) is 1. The molecule has 0 spiro atoms. The first-order valence-corrected chi connectivity index (χ1v) is 13.6. The van der Waals surface area contributed by atoms with Crippen LogP contribution in [0.2, 0.25) is 10.0 Å². The fraction of sp³-hybridized carbons (Fsp3) is 0.320. The number of hydrogen-bond donors (Lipinski definition) is 1. The third-order valence-corrected chi connectivity index (χ3v) is 8.52. The zero-order valence-electron chi connectivity index (χ0n) is 20.0. The molecule has 0 saturated carbocycles. The first kappa shape index (κ1) is 26.2. The Morgan fingerprint density at radius 1 is 1.17 bits per heavy atom. The van der Waals surface area contributed by atoms with Crippen molar-refractivity contribution >= 4 is 45.0 Å². The van der Waals surface area contributed by atoms with Gasteiger partial charge in [-0.1, -0.05) is 42.3 Å². The fourth-order valence-electron chi connectivity index (χ4n) is 4.04. The number of nitrogens with zero attached hydrogens (tertiary/aromatic N) is 3. The SMILES string of the molecule is CC1CCN(c2ncccc2C(=O)NS(=O)(=O)c2cccc(OCc3ccc(Cl)c(Cl)c3)n2)C1(C)C. The summed E-state index contributed by atoms with van der Waals surface area (Å²) in [6.45, 7) is 7.15. The van der Waals surface area contributed by atoms with Crippen LogP contribution < -0.4 is 14.4 Å². The zero-order chi connectivity index (χ0) is 26.1. The molecule has 1 aliphatic rings. The smallest absolute Gasteiger partial charge is 0.281 e. The first-order chi connectivity index (χ1) is 17.0. The number of pyridine rings is 2. The van der Waals surface area contributed by atoms with Crippen LogP contribution in [-0.4, -0.2) is 36.4 Å². The lowest BCUT2D eigenvalue weighted by Gasteiger charge is -2.36. The largest absolute Gasteiger partial charge is 0.473 e. The van der Waals surface area contributed by atoms with Crippen molar-refractivity contribution in [1.82, 2.24) is 14.7 Å². The maximum Gasteiger partial charge on any atom is 0.281 e. The van der Waals surface area contributed by atoms with Crippen LogP contribution in [0.15, 0.2) is 59.8 Å². The van der Waals surface area contributed by atoms with Crippen LogP contribution in [0.3, 0.4) is 0 Å². The number of carbonyl (C=O) groups excluding carboxylic acids is 1. The molecule has 8 nitrogen and oxygen atoms in total. The highest BCUT2D eigenvalue weighted by Gasteiger charge is 2.40. The minimum atomic E-state index is -4.28. The van der Waals surface area contributed by atoms with Gasteiger partial charge in [-0.3, -0.25) is 4.79 Å². The number of ether oxygens (including phenoxy) is 1. The van der Waals surface area contributed by atoms with Gasteiger partial charge in [0, 0.05) is 24.3 Å². The van der Waals surface area contributed by atoms with Gasteiger partial charge in [0.15, 0.2) is 5.03 Å². The van der Waals surface area contributed by atoms with Gasteiger partial charge < -0.3 is 9.64 Å². The van der Waals surface area contributed by atoms with Crippen LogP contribution in [0.25, 0.3) is 0 Å². The molecule has 11 heteroatoms. The van der Waals surface area contributed by atoms with Crippen molar-refractivity contribution in [3.8, 4) is 5.88 Å². The number of aromatic nitrogens is 2. The van der Waals surface area contributed by atoms with Gasteiger partial charge in [0.2, 0.25) is 5.88 Å². The quantitative estimate of drug-likeness (QED) is 0.437. The highest BCUT2D eigenvalue weighted by atomic mass is 35.5. The van der Waals surface area contributed by atoms with Crippen LogP contribution >= 0.6 is 23.2 Å². The molecule has 36 heavy (non-hydrogen) atoms. The minimum Gasteiger partial charge on any atom is -0.473 e. The lowest BCUT2D eigenvalue weighted by atomic mass is 9.90. The number of anilines is 1. The maximum absolute atomic E-state index is 13.1. The number of carbonyl (C=O) groups is 1. The Kier molecular flexibility index (Phi) is 7.45. The molecule has 1 atom stereocenters. The summed E-state index contributed by atoms with van der Waals surface area (Å²) in [6, 6.07) is 12.5. The lowest BCUT2D eigenvalue weighted by Crippen LogP contribution is -2.43. The number of rotatable bonds is 7. The Bertz CT molecular complexity index is 1400. The van der Waals surface area contributed by atoms with Crippen molar-refractivity contribution in [3.63, 3.8) is 0 Å². The van der Waals surface area contributed by atoms with E-state index in [0.29, 0.717) is 21.8 Å².